The lowest BCUT2D eigenvalue weighted by Gasteiger charge is -2.33. The molecule has 1 heterocycles. The SMILES string of the molecule is CC1CCCCN1Cc1ccc(NC(=O)[C@@H]2CCC[C@@H]2CN)cc1. The Labute approximate surface area is 145 Å². The van der Waals surface area contributed by atoms with Crippen molar-refractivity contribution in [1.82, 2.24) is 4.90 Å². The topological polar surface area (TPSA) is 58.4 Å². The Morgan fingerprint density at radius 3 is 2.67 bits per heavy atom. The fourth-order valence-electron chi connectivity index (χ4n) is 4.22. The van der Waals surface area contributed by atoms with Gasteiger partial charge in [0.1, 0.15) is 0 Å². The fourth-order valence-corrected chi connectivity index (χ4v) is 4.22. The monoisotopic (exact) mass is 329 g/mol. The third-order valence-corrected chi connectivity index (χ3v) is 5.85. The predicted octanol–water partition coefficient (Wildman–Crippen LogP) is 3.37. The van der Waals surface area contributed by atoms with Crippen LogP contribution in [-0.2, 0) is 11.3 Å². The number of hydrogen-bond donors (Lipinski definition) is 2. The summed E-state index contributed by atoms with van der Waals surface area (Å²) >= 11 is 0. The first-order valence-corrected chi connectivity index (χ1v) is 9.51. The molecule has 0 bridgehead atoms. The van der Waals surface area contributed by atoms with Gasteiger partial charge >= 0.3 is 0 Å². The van der Waals surface area contributed by atoms with Crippen LogP contribution in [0.2, 0.25) is 0 Å². The van der Waals surface area contributed by atoms with Crippen molar-refractivity contribution in [2.75, 3.05) is 18.4 Å². The highest BCUT2D eigenvalue weighted by Crippen LogP contribution is 2.32. The van der Waals surface area contributed by atoms with E-state index in [1.54, 1.807) is 0 Å². The van der Waals surface area contributed by atoms with Crippen molar-refractivity contribution < 1.29 is 4.79 Å². The van der Waals surface area contributed by atoms with E-state index >= 15 is 0 Å². The molecule has 1 amide bonds. The molecule has 1 aromatic carbocycles. The van der Waals surface area contributed by atoms with Gasteiger partial charge in [-0.2, -0.15) is 0 Å². The largest absolute Gasteiger partial charge is 0.330 e. The molecule has 2 aliphatic rings. The average molecular weight is 329 g/mol. The van der Waals surface area contributed by atoms with E-state index in [1.807, 2.05) is 12.1 Å². The number of anilines is 1. The van der Waals surface area contributed by atoms with Crippen LogP contribution < -0.4 is 11.1 Å². The molecule has 1 saturated heterocycles. The molecule has 4 nitrogen and oxygen atoms in total. The van der Waals surface area contributed by atoms with E-state index < -0.39 is 0 Å². The van der Waals surface area contributed by atoms with Crippen LogP contribution in [0.25, 0.3) is 0 Å². The first-order chi connectivity index (χ1) is 11.7. The molecule has 1 aliphatic carbocycles. The molecular formula is C20H31N3O. The van der Waals surface area contributed by atoms with Crippen LogP contribution in [0.1, 0.15) is 51.0 Å². The van der Waals surface area contributed by atoms with E-state index in [1.165, 1.54) is 31.4 Å². The fraction of sp³-hybridized carbons (Fsp3) is 0.650. The molecule has 132 valence electrons. The minimum absolute atomic E-state index is 0.0869. The highest BCUT2D eigenvalue weighted by molar-refractivity contribution is 5.92. The first-order valence-electron chi connectivity index (χ1n) is 9.51. The average Bonchev–Trinajstić information content (AvgIpc) is 3.07. The molecule has 0 radical (unpaired) electrons. The van der Waals surface area contributed by atoms with Gasteiger partial charge in [0.15, 0.2) is 0 Å². The third-order valence-electron chi connectivity index (χ3n) is 5.85. The van der Waals surface area contributed by atoms with E-state index in [2.05, 4.69) is 29.3 Å². The van der Waals surface area contributed by atoms with Gasteiger partial charge in [0.25, 0.3) is 0 Å². The number of rotatable bonds is 5. The Morgan fingerprint density at radius 1 is 1.17 bits per heavy atom. The normalized spacial score (nSPS) is 28.0. The Bertz CT molecular complexity index is 542. The standard InChI is InChI=1S/C20H31N3O/c1-15-5-2-3-12-23(15)14-16-8-10-18(11-9-16)22-20(24)19-7-4-6-17(19)13-21/h8-11,15,17,19H,2-7,12-14,21H2,1H3,(H,22,24)/t15?,17-,19-/m1/s1. The number of amides is 1. The maximum Gasteiger partial charge on any atom is 0.227 e. The Balaban J connectivity index is 1.55. The number of hydrogen-bond acceptors (Lipinski definition) is 3. The van der Waals surface area contributed by atoms with Crippen LogP contribution in [0.15, 0.2) is 24.3 Å². The second kappa shape index (κ2) is 8.13. The zero-order valence-corrected chi connectivity index (χ0v) is 14.8. The highest BCUT2D eigenvalue weighted by Gasteiger charge is 2.31. The summed E-state index contributed by atoms with van der Waals surface area (Å²) in [6, 6.07) is 9.04. The molecule has 1 aliphatic heterocycles. The summed E-state index contributed by atoms with van der Waals surface area (Å²) in [6.45, 7) is 5.14. The van der Waals surface area contributed by atoms with E-state index in [9.17, 15) is 4.79 Å². The Kier molecular flexibility index (Phi) is 5.90. The second-order valence-corrected chi connectivity index (χ2v) is 7.53. The lowest BCUT2D eigenvalue weighted by atomic mass is 9.95. The number of likely N-dealkylation sites (tertiary alicyclic amines) is 1. The van der Waals surface area contributed by atoms with Crippen molar-refractivity contribution in [3.8, 4) is 0 Å². The van der Waals surface area contributed by atoms with Gasteiger partial charge < -0.3 is 11.1 Å². The number of piperidine rings is 1. The highest BCUT2D eigenvalue weighted by atomic mass is 16.1. The van der Waals surface area contributed by atoms with Crippen LogP contribution in [0.5, 0.6) is 0 Å². The first kappa shape index (κ1) is 17.4. The smallest absolute Gasteiger partial charge is 0.227 e. The van der Waals surface area contributed by atoms with Crippen LogP contribution >= 0.6 is 0 Å². The molecule has 1 saturated carbocycles. The lowest BCUT2D eigenvalue weighted by molar-refractivity contribution is -0.120. The minimum Gasteiger partial charge on any atom is -0.330 e. The Hall–Kier alpha value is -1.39. The predicted molar refractivity (Wildman–Crippen MR) is 98.7 cm³/mol. The van der Waals surface area contributed by atoms with E-state index in [-0.39, 0.29) is 11.8 Å². The molecule has 4 heteroatoms. The van der Waals surface area contributed by atoms with Crippen molar-refractivity contribution >= 4 is 11.6 Å². The van der Waals surface area contributed by atoms with Gasteiger partial charge in [0.05, 0.1) is 0 Å². The third kappa shape index (κ3) is 4.17. The molecule has 3 N–H and O–H groups in total. The molecule has 3 rings (SSSR count). The van der Waals surface area contributed by atoms with Gasteiger partial charge in [-0.25, -0.2) is 0 Å². The maximum atomic E-state index is 12.5. The summed E-state index contributed by atoms with van der Waals surface area (Å²) in [5, 5.41) is 3.08. The van der Waals surface area contributed by atoms with Gasteiger partial charge in [-0.15, -0.1) is 0 Å². The van der Waals surface area contributed by atoms with E-state index in [0.717, 1.165) is 31.5 Å². The molecule has 1 aromatic rings. The number of carbonyl (C=O) groups is 1. The Morgan fingerprint density at radius 2 is 1.96 bits per heavy atom. The van der Waals surface area contributed by atoms with Gasteiger partial charge in [-0.05, 0) is 69.3 Å². The quantitative estimate of drug-likeness (QED) is 0.871. The summed E-state index contributed by atoms with van der Waals surface area (Å²) in [5.41, 5.74) is 8.01. The number of benzene rings is 1. The van der Waals surface area contributed by atoms with Crippen LogP contribution in [-0.4, -0.2) is 29.9 Å². The van der Waals surface area contributed by atoms with Crippen LogP contribution in [0.3, 0.4) is 0 Å². The van der Waals surface area contributed by atoms with Crippen molar-refractivity contribution in [2.24, 2.45) is 17.6 Å². The molecule has 1 unspecified atom stereocenters. The summed E-state index contributed by atoms with van der Waals surface area (Å²) < 4.78 is 0. The number of nitrogens with zero attached hydrogens (tertiary/aromatic N) is 1. The molecule has 3 atom stereocenters. The molecule has 0 spiro atoms. The number of nitrogens with one attached hydrogen (secondary N) is 1. The van der Waals surface area contributed by atoms with Gasteiger partial charge in [-0.3, -0.25) is 9.69 Å². The molecule has 24 heavy (non-hydrogen) atoms. The van der Waals surface area contributed by atoms with Gasteiger partial charge in [0.2, 0.25) is 5.91 Å². The molecule has 0 aromatic heterocycles. The maximum absolute atomic E-state index is 12.5. The van der Waals surface area contributed by atoms with Crippen LogP contribution in [0, 0.1) is 11.8 Å². The molecule has 2 fully saturated rings. The number of nitrogens with two attached hydrogens (primary N) is 1. The summed E-state index contributed by atoms with van der Waals surface area (Å²) in [6.07, 6.45) is 7.14. The zero-order valence-electron chi connectivity index (χ0n) is 14.8. The lowest BCUT2D eigenvalue weighted by Crippen LogP contribution is -2.36. The van der Waals surface area contributed by atoms with Gasteiger partial charge in [0, 0.05) is 24.2 Å². The summed E-state index contributed by atoms with van der Waals surface area (Å²) in [7, 11) is 0. The van der Waals surface area contributed by atoms with Crippen LogP contribution in [0.4, 0.5) is 5.69 Å². The number of carbonyl (C=O) groups excluding carboxylic acids is 1. The minimum atomic E-state index is 0.0869. The summed E-state index contributed by atoms with van der Waals surface area (Å²) in [4.78, 5) is 15.0. The van der Waals surface area contributed by atoms with Crippen molar-refractivity contribution in [3.63, 3.8) is 0 Å². The van der Waals surface area contributed by atoms with Gasteiger partial charge in [-0.1, -0.05) is 25.0 Å². The molecular weight excluding hydrogens is 298 g/mol. The van der Waals surface area contributed by atoms with Crippen molar-refractivity contribution in [3.05, 3.63) is 29.8 Å². The van der Waals surface area contributed by atoms with E-state index in [0.29, 0.717) is 18.5 Å². The second-order valence-electron chi connectivity index (χ2n) is 7.53. The summed E-state index contributed by atoms with van der Waals surface area (Å²) in [5.74, 6) is 0.578. The van der Waals surface area contributed by atoms with Crippen molar-refractivity contribution in [2.45, 2.75) is 58.0 Å². The van der Waals surface area contributed by atoms with E-state index in [4.69, 9.17) is 5.73 Å². The van der Waals surface area contributed by atoms with Crippen molar-refractivity contribution in [1.29, 1.82) is 0 Å². The zero-order chi connectivity index (χ0) is 16.9.